The molecule has 0 amide bonds. The Morgan fingerprint density at radius 3 is 2.25 bits per heavy atom. The van der Waals surface area contributed by atoms with Gasteiger partial charge in [-0.25, -0.2) is 9.59 Å². The predicted octanol–water partition coefficient (Wildman–Crippen LogP) is 3.42. The Kier molecular flexibility index (Phi) is 6.53. The maximum atomic E-state index is 12.1. The molecule has 0 spiro atoms. The summed E-state index contributed by atoms with van der Waals surface area (Å²) in [5.41, 5.74) is 0.650. The molecule has 5 nitrogen and oxygen atoms in total. The molecule has 24 heavy (non-hydrogen) atoms. The van der Waals surface area contributed by atoms with Crippen molar-refractivity contribution >= 4 is 17.7 Å². The maximum Gasteiger partial charge on any atom is 0.338 e. The third-order valence-electron chi connectivity index (χ3n) is 4.06. The first-order chi connectivity index (χ1) is 11.5. The topological polar surface area (TPSA) is 69.7 Å². The molecule has 1 aliphatic heterocycles. The molecule has 0 aliphatic carbocycles. The summed E-state index contributed by atoms with van der Waals surface area (Å²) < 4.78 is 10.5. The molecule has 2 atom stereocenters. The third-order valence-corrected chi connectivity index (χ3v) is 4.06. The van der Waals surface area contributed by atoms with Crippen molar-refractivity contribution in [3.63, 3.8) is 0 Å². The predicted molar refractivity (Wildman–Crippen MR) is 88.8 cm³/mol. The average molecular weight is 332 g/mol. The van der Waals surface area contributed by atoms with Crippen molar-refractivity contribution in [2.24, 2.45) is 11.8 Å². The molecule has 1 aromatic carbocycles. The number of hydrogen-bond acceptors (Lipinski definition) is 5. The van der Waals surface area contributed by atoms with Crippen molar-refractivity contribution in [3.05, 3.63) is 35.4 Å². The Labute approximate surface area is 142 Å². The number of ether oxygens (including phenoxy) is 2. The van der Waals surface area contributed by atoms with Gasteiger partial charge in [-0.1, -0.05) is 19.9 Å². The first kappa shape index (κ1) is 18.2. The van der Waals surface area contributed by atoms with E-state index in [1.165, 1.54) is 6.07 Å². The summed E-state index contributed by atoms with van der Waals surface area (Å²) in [5.74, 6) is -0.535. The van der Waals surface area contributed by atoms with E-state index in [-0.39, 0.29) is 24.2 Å². The molecule has 0 N–H and O–H groups in total. The summed E-state index contributed by atoms with van der Waals surface area (Å²) in [6.45, 7) is 4.42. The molecule has 0 radical (unpaired) electrons. The zero-order valence-corrected chi connectivity index (χ0v) is 14.2. The SMILES string of the molecule is CC1CCCOC(=O)c2cccc(c2)C(=O)OCC(C)CC(=O)C1. The maximum absolute atomic E-state index is 12.1. The van der Waals surface area contributed by atoms with E-state index in [2.05, 4.69) is 0 Å². The van der Waals surface area contributed by atoms with Gasteiger partial charge in [0.1, 0.15) is 5.78 Å². The summed E-state index contributed by atoms with van der Waals surface area (Å²) in [5, 5.41) is 0. The smallest absolute Gasteiger partial charge is 0.338 e. The van der Waals surface area contributed by atoms with Crippen LogP contribution in [0.4, 0.5) is 0 Å². The molecule has 0 saturated heterocycles. The van der Waals surface area contributed by atoms with E-state index < -0.39 is 11.9 Å². The van der Waals surface area contributed by atoms with Crippen molar-refractivity contribution in [1.29, 1.82) is 0 Å². The number of hydrogen-bond donors (Lipinski definition) is 0. The Morgan fingerprint density at radius 2 is 1.54 bits per heavy atom. The summed E-state index contributed by atoms with van der Waals surface area (Å²) in [7, 11) is 0. The Bertz CT molecular complexity index is 608. The number of rotatable bonds is 0. The quantitative estimate of drug-likeness (QED) is 0.681. The number of cyclic esters (lactones) is 2. The highest BCUT2D eigenvalue weighted by Gasteiger charge is 2.17. The number of carbonyl (C=O) groups excluding carboxylic acids is 3. The highest BCUT2D eigenvalue weighted by Crippen LogP contribution is 2.16. The number of carbonyl (C=O) groups is 3. The first-order valence-electron chi connectivity index (χ1n) is 8.41. The highest BCUT2D eigenvalue weighted by atomic mass is 16.5. The van der Waals surface area contributed by atoms with Gasteiger partial charge in [0.05, 0.1) is 24.3 Å². The number of esters is 2. The van der Waals surface area contributed by atoms with Gasteiger partial charge in [0, 0.05) is 12.8 Å². The molecule has 0 aromatic heterocycles. The zero-order chi connectivity index (χ0) is 17.5. The zero-order valence-electron chi connectivity index (χ0n) is 14.2. The monoisotopic (exact) mass is 332 g/mol. The van der Waals surface area contributed by atoms with Crippen LogP contribution in [0.15, 0.2) is 24.3 Å². The van der Waals surface area contributed by atoms with Gasteiger partial charge < -0.3 is 9.47 Å². The molecular formula is C19H24O5. The van der Waals surface area contributed by atoms with Gasteiger partial charge in [0.15, 0.2) is 0 Å². The van der Waals surface area contributed by atoms with Crippen LogP contribution >= 0.6 is 0 Å². The van der Waals surface area contributed by atoms with Gasteiger partial charge in [0.25, 0.3) is 0 Å². The van der Waals surface area contributed by atoms with E-state index in [9.17, 15) is 14.4 Å². The van der Waals surface area contributed by atoms with E-state index in [1.54, 1.807) is 18.2 Å². The second kappa shape index (κ2) is 8.62. The van der Waals surface area contributed by atoms with Gasteiger partial charge in [-0.05, 0) is 42.9 Å². The fraction of sp³-hybridized carbons (Fsp3) is 0.526. The van der Waals surface area contributed by atoms with Crippen molar-refractivity contribution in [1.82, 2.24) is 0 Å². The standard InChI is InChI=1S/C19H24O5/c1-13-5-4-8-23-18(21)15-6-3-7-16(11-15)19(22)24-12-14(2)10-17(20)9-13/h3,6-7,11,13-14H,4-5,8-10,12H2,1-2H3. The lowest BCUT2D eigenvalue weighted by atomic mass is 9.95. The van der Waals surface area contributed by atoms with Gasteiger partial charge in [0.2, 0.25) is 0 Å². The van der Waals surface area contributed by atoms with Crippen molar-refractivity contribution in [3.8, 4) is 0 Å². The van der Waals surface area contributed by atoms with Crippen LogP contribution in [0.3, 0.4) is 0 Å². The lowest BCUT2D eigenvalue weighted by Gasteiger charge is -2.15. The van der Waals surface area contributed by atoms with Crippen LogP contribution in [0.5, 0.6) is 0 Å². The van der Waals surface area contributed by atoms with Gasteiger partial charge in [-0.15, -0.1) is 0 Å². The van der Waals surface area contributed by atoms with Gasteiger partial charge in [-0.3, -0.25) is 4.79 Å². The van der Waals surface area contributed by atoms with Crippen molar-refractivity contribution < 1.29 is 23.9 Å². The molecule has 2 unspecified atom stereocenters. The molecule has 1 aliphatic rings. The second-order valence-corrected chi connectivity index (χ2v) is 6.61. The Hall–Kier alpha value is -2.17. The summed E-state index contributed by atoms with van der Waals surface area (Å²) in [6.07, 6.45) is 2.47. The molecule has 2 bridgehead atoms. The van der Waals surface area contributed by atoms with Gasteiger partial charge >= 0.3 is 11.9 Å². The van der Waals surface area contributed by atoms with E-state index in [1.807, 2.05) is 13.8 Å². The van der Waals surface area contributed by atoms with Crippen LogP contribution in [-0.2, 0) is 14.3 Å². The molecule has 1 aromatic rings. The van der Waals surface area contributed by atoms with E-state index >= 15 is 0 Å². The minimum atomic E-state index is -0.496. The van der Waals surface area contributed by atoms with Gasteiger partial charge in [-0.2, -0.15) is 0 Å². The molecule has 130 valence electrons. The fourth-order valence-corrected chi connectivity index (χ4v) is 2.78. The highest BCUT2D eigenvalue weighted by molar-refractivity contribution is 5.95. The molecule has 1 heterocycles. The fourth-order valence-electron chi connectivity index (χ4n) is 2.78. The molecular weight excluding hydrogens is 308 g/mol. The van der Waals surface area contributed by atoms with Crippen molar-refractivity contribution in [2.45, 2.75) is 39.5 Å². The number of ketones is 1. The molecule has 2 rings (SSSR count). The molecule has 5 heteroatoms. The minimum absolute atomic E-state index is 0.0188. The van der Waals surface area contributed by atoms with Crippen LogP contribution < -0.4 is 0 Å². The normalized spacial score (nSPS) is 24.2. The average Bonchev–Trinajstić information content (AvgIpc) is 2.55. The van der Waals surface area contributed by atoms with Crippen LogP contribution in [0.1, 0.15) is 60.2 Å². The van der Waals surface area contributed by atoms with E-state index in [0.29, 0.717) is 30.6 Å². The Balaban J connectivity index is 2.13. The summed E-state index contributed by atoms with van der Waals surface area (Å²) in [6, 6.07) is 6.33. The third kappa shape index (κ3) is 5.48. The first-order valence-corrected chi connectivity index (χ1v) is 8.41. The number of fused-ring (bicyclic) bond motifs is 2. The lowest BCUT2D eigenvalue weighted by Crippen LogP contribution is -2.17. The van der Waals surface area contributed by atoms with Crippen LogP contribution in [-0.4, -0.2) is 30.9 Å². The second-order valence-electron chi connectivity index (χ2n) is 6.61. The lowest BCUT2D eigenvalue weighted by molar-refractivity contribution is -0.121. The minimum Gasteiger partial charge on any atom is -0.462 e. The Morgan fingerprint density at radius 1 is 0.917 bits per heavy atom. The van der Waals surface area contributed by atoms with Crippen LogP contribution in [0.25, 0.3) is 0 Å². The van der Waals surface area contributed by atoms with E-state index in [0.717, 1.165) is 12.8 Å². The molecule has 0 fully saturated rings. The van der Waals surface area contributed by atoms with Crippen LogP contribution in [0.2, 0.25) is 0 Å². The number of Topliss-reactive ketones (excluding diaryl/α,β-unsaturated/α-hetero) is 1. The van der Waals surface area contributed by atoms with Crippen molar-refractivity contribution in [2.75, 3.05) is 13.2 Å². The number of benzene rings is 1. The summed E-state index contributed by atoms with van der Waals surface area (Å²) >= 11 is 0. The molecule has 0 saturated carbocycles. The van der Waals surface area contributed by atoms with Crippen LogP contribution in [0, 0.1) is 11.8 Å². The largest absolute Gasteiger partial charge is 0.462 e. The van der Waals surface area contributed by atoms with E-state index in [4.69, 9.17) is 9.47 Å². The summed E-state index contributed by atoms with van der Waals surface area (Å²) in [4.78, 5) is 36.2.